The second kappa shape index (κ2) is 8.68. The monoisotopic (exact) mass is 363 g/mol. The molecule has 1 atom stereocenters. The van der Waals surface area contributed by atoms with Gasteiger partial charge in [0.05, 0.1) is 0 Å². The van der Waals surface area contributed by atoms with Crippen molar-refractivity contribution >= 4 is 11.6 Å². The first-order chi connectivity index (χ1) is 13.3. The number of anilines is 1. The molecule has 1 unspecified atom stereocenters. The predicted octanol–water partition coefficient (Wildman–Crippen LogP) is 4.00. The van der Waals surface area contributed by atoms with Crippen molar-refractivity contribution in [2.24, 2.45) is 0 Å². The maximum absolute atomic E-state index is 12.4. The molecular weight excluding hydrogens is 334 g/mol. The highest BCUT2D eigenvalue weighted by molar-refractivity contribution is 6.04. The molecule has 4 nitrogen and oxygen atoms in total. The fraction of sp³-hybridized carbons (Fsp3) is 0.435. The van der Waals surface area contributed by atoms with E-state index in [-0.39, 0.29) is 5.91 Å². The number of para-hydroxylation sites is 1. The summed E-state index contributed by atoms with van der Waals surface area (Å²) in [4.78, 5) is 17.6. The molecule has 142 valence electrons. The molecule has 2 aliphatic heterocycles. The molecule has 0 saturated carbocycles. The van der Waals surface area contributed by atoms with Gasteiger partial charge in [-0.2, -0.15) is 0 Å². The largest absolute Gasteiger partial charge is 0.322 e. The number of hydrogen-bond donors (Lipinski definition) is 1. The van der Waals surface area contributed by atoms with E-state index in [4.69, 9.17) is 0 Å². The summed E-state index contributed by atoms with van der Waals surface area (Å²) in [6.07, 6.45) is 5.36. The summed E-state index contributed by atoms with van der Waals surface area (Å²) in [5.74, 6) is -0.0557. The molecule has 4 heteroatoms. The third-order valence-electron chi connectivity index (χ3n) is 5.79. The summed E-state index contributed by atoms with van der Waals surface area (Å²) in [5.41, 5.74) is 2.82. The first-order valence-corrected chi connectivity index (χ1v) is 10.2. The Morgan fingerprint density at radius 1 is 0.926 bits per heavy atom. The number of piperidine rings is 1. The summed E-state index contributed by atoms with van der Waals surface area (Å²) in [6, 6.07) is 18.4. The van der Waals surface area contributed by atoms with Crippen LogP contribution in [-0.2, 0) is 6.54 Å². The fourth-order valence-electron chi connectivity index (χ4n) is 4.32. The summed E-state index contributed by atoms with van der Waals surface area (Å²) >= 11 is 0. The van der Waals surface area contributed by atoms with E-state index in [0.29, 0.717) is 5.56 Å². The third-order valence-corrected chi connectivity index (χ3v) is 5.79. The second-order valence-electron chi connectivity index (χ2n) is 7.79. The van der Waals surface area contributed by atoms with Gasteiger partial charge in [-0.25, -0.2) is 0 Å². The highest BCUT2D eigenvalue weighted by Crippen LogP contribution is 2.22. The normalized spacial score (nSPS) is 21.3. The van der Waals surface area contributed by atoms with Gasteiger partial charge >= 0.3 is 0 Å². The number of carbonyl (C=O) groups is 1. The molecule has 1 amide bonds. The average molecular weight is 364 g/mol. The highest BCUT2D eigenvalue weighted by atomic mass is 16.1. The van der Waals surface area contributed by atoms with E-state index < -0.39 is 0 Å². The Kier molecular flexibility index (Phi) is 5.85. The van der Waals surface area contributed by atoms with E-state index >= 15 is 0 Å². The zero-order chi connectivity index (χ0) is 18.5. The molecule has 2 aromatic rings. The summed E-state index contributed by atoms with van der Waals surface area (Å²) in [6.45, 7) is 5.90. The molecular formula is C23H29N3O. The molecule has 0 aromatic heterocycles. The summed E-state index contributed by atoms with van der Waals surface area (Å²) in [7, 11) is 0. The van der Waals surface area contributed by atoms with E-state index in [0.717, 1.165) is 18.3 Å². The van der Waals surface area contributed by atoms with Crippen molar-refractivity contribution in [1.82, 2.24) is 9.80 Å². The minimum absolute atomic E-state index is 0.0557. The van der Waals surface area contributed by atoms with Crippen molar-refractivity contribution < 1.29 is 4.79 Å². The Hall–Kier alpha value is -2.17. The lowest BCUT2D eigenvalue weighted by atomic mass is 10.0. The Morgan fingerprint density at radius 3 is 2.41 bits per heavy atom. The molecule has 27 heavy (non-hydrogen) atoms. The van der Waals surface area contributed by atoms with Crippen molar-refractivity contribution in [1.29, 1.82) is 0 Å². The van der Waals surface area contributed by atoms with Crippen LogP contribution in [0.4, 0.5) is 5.69 Å². The fourth-order valence-corrected chi connectivity index (χ4v) is 4.32. The number of carbonyl (C=O) groups excluding carboxylic acids is 1. The lowest BCUT2D eigenvalue weighted by Crippen LogP contribution is -2.46. The van der Waals surface area contributed by atoms with Crippen LogP contribution >= 0.6 is 0 Å². The van der Waals surface area contributed by atoms with Crippen molar-refractivity contribution in [2.45, 2.75) is 38.3 Å². The number of hydrogen-bond acceptors (Lipinski definition) is 3. The lowest BCUT2D eigenvalue weighted by molar-refractivity contribution is 0.102. The molecule has 0 aliphatic carbocycles. The molecule has 4 rings (SSSR count). The number of likely N-dealkylation sites (tertiary alicyclic amines) is 2. The number of nitrogens with one attached hydrogen (secondary N) is 1. The van der Waals surface area contributed by atoms with Gasteiger partial charge in [-0.1, -0.05) is 30.3 Å². The molecule has 0 radical (unpaired) electrons. The van der Waals surface area contributed by atoms with E-state index in [1.807, 2.05) is 42.5 Å². The molecule has 2 aromatic carbocycles. The zero-order valence-corrected chi connectivity index (χ0v) is 15.9. The second-order valence-corrected chi connectivity index (χ2v) is 7.79. The van der Waals surface area contributed by atoms with Gasteiger partial charge in [0.1, 0.15) is 0 Å². The van der Waals surface area contributed by atoms with Gasteiger partial charge in [0.2, 0.25) is 0 Å². The zero-order valence-electron chi connectivity index (χ0n) is 15.9. The van der Waals surface area contributed by atoms with Crippen LogP contribution in [0.25, 0.3) is 0 Å². The highest BCUT2D eigenvalue weighted by Gasteiger charge is 2.26. The van der Waals surface area contributed by atoms with Gasteiger partial charge in [-0.15, -0.1) is 0 Å². The van der Waals surface area contributed by atoms with Gasteiger partial charge in [0, 0.05) is 30.4 Å². The molecule has 0 spiro atoms. The van der Waals surface area contributed by atoms with E-state index in [1.165, 1.54) is 57.4 Å². The Morgan fingerprint density at radius 2 is 1.67 bits per heavy atom. The Labute approximate surface area is 162 Å². The van der Waals surface area contributed by atoms with Crippen LogP contribution in [0.15, 0.2) is 54.6 Å². The van der Waals surface area contributed by atoms with Gasteiger partial charge < -0.3 is 5.32 Å². The van der Waals surface area contributed by atoms with Gasteiger partial charge in [0.15, 0.2) is 0 Å². The number of rotatable bonds is 5. The minimum atomic E-state index is -0.0557. The van der Waals surface area contributed by atoms with Crippen LogP contribution in [0.2, 0.25) is 0 Å². The number of amides is 1. The number of nitrogens with zero attached hydrogens (tertiary/aromatic N) is 2. The predicted molar refractivity (Wildman–Crippen MR) is 110 cm³/mol. The van der Waals surface area contributed by atoms with Crippen molar-refractivity contribution in [2.75, 3.05) is 31.5 Å². The topological polar surface area (TPSA) is 35.6 Å². The van der Waals surface area contributed by atoms with E-state index in [2.05, 4.69) is 27.2 Å². The summed E-state index contributed by atoms with van der Waals surface area (Å²) < 4.78 is 0. The van der Waals surface area contributed by atoms with Crippen LogP contribution in [0, 0.1) is 0 Å². The third kappa shape index (κ3) is 4.76. The van der Waals surface area contributed by atoms with Crippen LogP contribution in [0.1, 0.15) is 41.6 Å². The molecule has 2 aliphatic rings. The van der Waals surface area contributed by atoms with Crippen LogP contribution in [-0.4, -0.2) is 47.9 Å². The SMILES string of the molecule is O=C(Nc1ccccc1)c1ccc(CN2CCCC(N3CCCC3)C2)cc1. The lowest BCUT2D eigenvalue weighted by Gasteiger charge is -2.37. The molecule has 2 heterocycles. The smallest absolute Gasteiger partial charge is 0.255 e. The van der Waals surface area contributed by atoms with Crippen LogP contribution in [0.3, 0.4) is 0 Å². The van der Waals surface area contributed by atoms with Crippen molar-refractivity contribution in [3.05, 3.63) is 65.7 Å². The first kappa shape index (κ1) is 18.2. The van der Waals surface area contributed by atoms with Crippen molar-refractivity contribution in [3.63, 3.8) is 0 Å². The van der Waals surface area contributed by atoms with Crippen LogP contribution < -0.4 is 5.32 Å². The number of benzene rings is 2. The van der Waals surface area contributed by atoms with Gasteiger partial charge in [-0.3, -0.25) is 14.6 Å². The summed E-state index contributed by atoms with van der Waals surface area (Å²) in [5, 5.41) is 2.94. The quantitative estimate of drug-likeness (QED) is 0.872. The molecule has 1 N–H and O–H groups in total. The standard InChI is InChI=1S/C23H29N3O/c27-23(24-21-7-2-1-3-8-21)20-12-10-19(11-13-20)17-25-14-6-9-22(18-25)26-15-4-5-16-26/h1-3,7-8,10-13,22H,4-6,9,14-18H2,(H,24,27). The maximum Gasteiger partial charge on any atom is 0.255 e. The van der Waals surface area contributed by atoms with Crippen LogP contribution in [0.5, 0.6) is 0 Å². The average Bonchev–Trinajstić information content (AvgIpc) is 3.24. The van der Waals surface area contributed by atoms with E-state index in [1.54, 1.807) is 0 Å². The maximum atomic E-state index is 12.4. The van der Waals surface area contributed by atoms with E-state index in [9.17, 15) is 4.79 Å². The first-order valence-electron chi connectivity index (χ1n) is 10.2. The molecule has 2 saturated heterocycles. The Bertz CT molecular complexity index is 738. The van der Waals surface area contributed by atoms with Gasteiger partial charge in [0.25, 0.3) is 5.91 Å². The Balaban J connectivity index is 1.32. The molecule has 2 fully saturated rings. The molecule has 0 bridgehead atoms. The van der Waals surface area contributed by atoms with Crippen molar-refractivity contribution in [3.8, 4) is 0 Å². The van der Waals surface area contributed by atoms with Gasteiger partial charge in [-0.05, 0) is 75.1 Å². The minimum Gasteiger partial charge on any atom is -0.322 e.